The first kappa shape index (κ1) is 19.2. The zero-order chi connectivity index (χ0) is 19.2. The number of carbonyl (C=O) groups excluding carboxylic acids is 1. The molecule has 0 radical (unpaired) electrons. The topological polar surface area (TPSA) is 146 Å². The highest BCUT2D eigenvalue weighted by Crippen LogP contribution is 2.27. The van der Waals surface area contributed by atoms with E-state index in [-0.39, 0.29) is 11.5 Å². The van der Waals surface area contributed by atoms with Crippen LogP contribution >= 0.6 is 0 Å². The van der Waals surface area contributed by atoms with E-state index in [2.05, 4.69) is 10.5 Å². The molecule has 9 nitrogen and oxygen atoms in total. The van der Waals surface area contributed by atoms with Crippen LogP contribution in [0.1, 0.15) is 5.56 Å². The third kappa shape index (κ3) is 5.46. The fourth-order valence-electron chi connectivity index (χ4n) is 1.94. The predicted octanol–water partition coefficient (Wildman–Crippen LogP) is 0.653. The van der Waals surface area contributed by atoms with Gasteiger partial charge in [0.05, 0.1) is 23.9 Å². The molecule has 0 aliphatic rings. The van der Waals surface area contributed by atoms with Crippen LogP contribution in [0.15, 0.2) is 52.5 Å². The Labute approximate surface area is 150 Å². The summed E-state index contributed by atoms with van der Waals surface area (Å²) in [7, 11) is -2.25. The normalized spacial score (nSPS) is 11.3. The molecule has 0 aliphatic carbocycles. The van der Waals surface area contributed by atoms with E-state index < -0.39 is 15.9 Å². The predicted molar refractivity (Wildman–Crippen MR) is 96.7 cm³/mol. The third-order valence-electron chi connectivity index (χ3n) is 3.15. The second-order valence-electron chi connectivity index (χ2n) is 5.10. The van der Waals surface area contributed by atoms with Crippen molar-refractivity contribution in [3.05, 3.63) is 48.0 Å². The van der Waals surface area contributed by atoms with Crippen LogP contribution in [-0.2, 0) is 14.8 Å². The summed E-state index contributed by atoms with van der Waals surface area (Å²) in [4.78, 5) is 10.9. The number of hydrogen-bond donors (Lipinski definition) is 3. The molecule has 0 unspecified atom stereocenters. The molecule has 2 rings (SSSR count). The van der Waals surface area contributed by atoms with E-state index in [1.54, 1.807) is 18.2 Å². The van der Waals surface area contributed by atoms with Crippen molar-refractivity contribution in [1.29, 1.82) is 0 Å². The first-order valence-electron chi connectivity index (χ1n) is 7.30. The van der Waals surface area contributed by atoms with E-state index >= 15 is 0 Å². The molecule has 0 saturated heterocycles. The van der Waals surface area contributed by atoms with E-state index in [4.69, 9.17) is 20.3 Å². The van der Waals surface area contributed by atoms with Gasteiger partial charge in [0.15, 0.2) is 18.1 Å². The van der Waals surface area contributed by atoms with E-state index in [0.717, 1.165) is 0 Å². The van der Waals surface area contributed by atoms with Crippen LogP contribution in [-0.4, -0.2) is 34.3 Å². The van der Waals surface area contributed by atoms with E-state index in [1.165, 1.54) is 37.6 Å². The summed E-state index contributed by atoms with van der Waals surface area (Å²) < 4.78 is 32.8. The molecular formula is C16H18N4O5S. The molecule has 0 aliphatic heterocycles. The van der Waals surface area contributed by atoms with Gasteiger partial charge in [0.25, 0.3) is 5.91 Å². The number of benzene rings is 2. The lowest BCUT2D eigenvalue weighted by molar-refractivity contribution is -0.119. The molecule has 5 N–H and O–H groups in total. The van der Waals surface area contributed by atoms with E-state index in [1.807, 2.05) is 0 Å². The maximum atomic E-state index is 11.2. The highest BCUT2D eigenvalue weighted by atomic mass is 32.2. The van der Waals surface area contributed by atoms with Crippen molar-refractivity contribution < 1.29 is 22.7 Å². The molecule has 0 spiro atoms. The zero-order valence-corrected chi connectivity index (χ0v) is 14.7. The Balaban J connectivity index is 2.07. The first-order valence-corrected chi connectivity index (χ1v) is 8.85. The number of rotatable bonds is 8. The fourth-order valence-corrected chi connectivity index (χ4v) is 2.45. The van der Waals surface area contributed by atoms with E-state index in [0.29, 0.717) is 22.7 Å². The molecule has 10 heteroatoms. The van der Waals surface area contributed by atoms with Gasteiger partial charge in [-0.3, -0.25) is 10.2 Å². The molecular weight excluding hydrogens is 360 g/mol. The summed E-state index contributed by atoms with van der Waals surface area (Å²) in [6, 6.07) is 10.9. The Morgan fingerprint density at radius 1 is 1.19 bits per heavy atom. The highest BCUT2D eigenvalue weighted by Gasteiger charge is 2.07. The van der Waals surface area contributed by atoms with E-state index in [9.17, 15) is 13.2 Å². The first-order chi connectivity index (χ1) is 12.3. The van der Waals surface area contributed by atoms with Crippen molar-refractivity contribution >= 4 is 27.8 Å². The minimum absolute atomic E-state index is 0.0124. The Morgan fingerprint density at radius 2 is 1.88 bits per heavy atom. The largest absolute Gasteiger partial charge is 0.493 e. The van der Waals surface area contributed by atoms with Gasteiger partial charge in [0.2, 0.25) is 10.0 Å². The summed E-state index contributed by atoms with van der Waals surface area (Å²) in [5, 5.41) is 9.09. The van der Waals surface area contributed by atoms with Crippen LogP contribution in [0.3, 0.4) is 0 Å². The number of primary sulfonamides is 1. The number of hydrazone groups is 1. The van der Waals surface area contributed by atoms with Gasteiger partial charge < -0.3 is 15.2 Å². The second-order valence-corrected chi connectivity index (χ2v) is 6.67. The zero-order valence-electron chi connectivity index (χ0n) is 13.9. The lowest BCUT2D eigenvalue weighted by Gasteiger charge is -2.09. The highest BCUT2D eigenvalue weighted by molar-refractivity contribution is 7.89. The molecule has 138 valence electrons. The van der Waals surface area contributed by atoms with Gasteiger partial charge in [0, 0.05) is 0 Å². The molecule has 0 aromatic heterocycles. The van der Waals surface area contributed by atoms with Gasteiger partial charge >= 0.3 is 0 Å². The van der Waals surface area contributed by atoms with Crippen molar-refractivity contribution in [2.24, 2.45) is 16.0 Å². The van der Waals surface area contributed by atoms with Crippen molar-refractivity contribution in [2.45, 2.75) is 4.90 Å². The summed E-state index contributed by atoms with van der Waals surface area (Å²) in [6.45, 7) is -0.272. The number of nitrogens with two attached hydrogens (primary N) is 2. The lowest BCUT2D eigenvalue weighted by atomic mass is 10.2. The number of methoxy groups -OCH3 is 1. The van der Waals surface area contributed by atoms with Gasteiger partial charge in [-0.15, -0.1) is 0 Å². The van der Waals surface area contributed by atoms with Crippen molar-refractivity contribution in [3.8, 4) is 11.5 Å². The fraction of sp³-hybridized carbons (Fsp3) is 0.125. The maximum Gasteiger partial charge on any atom is 0.255 e. The van der Waals surface area contributed by atoms with Crippen molar-refractivity contribution in [1.82, 2.24) is 0 Å². The number of primary amides is 1. The Kier molecular flexibility index (Phi) is 6.15. The second kappa shape index (κ2) is 8.32. The molecule has 0 heterocycles. The summed E-state index contributed by atoms with van der Waals surface area (Å²) in [6.07, 6.45) is 1.52. The van der Waals surface area contributed by atoms with Gasteiger partial charge in [-0.1, -0.05) is 0 Å². The van der Waals surface area contributed by atoms with Gasteiger partial charge in [-0.05, 0) is 48.0 Å². The molecule has 0 bridgehead atoms. The minimum Gasteiger partial charge on any atom is -0.493 e. The van der Waals surface area contributed by atoms with Crippen LogP contribution in [0.4, 0.5) is 5.69 Å². The lowest BCUT2D eigenvalue weighted by Crippen LogP contribution is -2.20. The monoisotopic (exact) mass is 378 g/mol. The minimum atomic E-state index is -3.73. The number of anilines is 1. The van der Waals surface area contributed by atoms with Crippen LogP contribution < -0.4 is 25.8 Å². The quantitative estimate of drug-likeness (QED) is 0.454. The van der Waals surface area contributed by atoms with Gasteiger partial charge in [0.1, 0.15) is 0 Å². The number of nitrogens with zero attached hydrogens (tertiary/aromatic N) is 1. The molecule has 0 saturated carbocycles. The maximum absolute atomic E-state index is 11.2. The smallest absolute Gasteiger partial charge is 0.255 e. The molecule has 2 aromatic carbocycles. The van der Waals surface area contributed by atoms with Crippen LogP contribution in [0.25, 0.3) is 0 Å². The summed E-state index contributed by atoms with van der Waals surface area (Å²) >= 11 is 0. The Bertz CT molecular complexity index is 911. The average Bonchev–Trinajstić information content (AvgIpc) is 2.59. The molecule has 1 amide bonds. The van der Waals surface area contributed by atoms with Crippen molar-refractivity contribution in [3.63, 3.8) is 0 Å². The van der Waals surface area contributed by atoms with Crippen LogP contribution in [0.2, 0.25) is 0 Å². The number of carbonyl (C=O) groups is 1. The standard InChI is InChI=1S/C16H18N4O5S/c1-24-14-7-2-11(8-15(14)25-10-16(17)21)9-19-20-12-3-5-13(6-4-12)26(18,22)23/h2-9,20H,10H2,1H3,(H2,17,21)(H2,18,22,23)/b19-9-. The molecule has 26 heavy (non-hydrogen) atoms. The van der Waals surface area contributed by atoms with Gasteiger partial charge in [-0.2, -0.15) is 5.10 Å². The number of amides is 1. The van der Waals surface area contributed by atoms with Crippen LogP contribution in [0, 0.1) is 0 Å². The summed E-state index contributed by atoms with van der Waals surface area (Å²) in [5.41, 5.74) is 9.08. The number of hydrogen-bond acceptors (Lipinski definition) is 7. The van der Waals surface area contributed by atoms with Crippen molar-refractivity contribution in [2.75, 3.05) is 19.1 Å². The van der Waals surface area contributed by atoms with Gasteiger partial charge in [-0.25, -0.2) is 13.6 Å². The van der Waals surface area contributed by atoms with Crippen LogP contribution in [0.5, 0.6) is 11.5 Å². The molecule has 0 atom stereocenters. The Hall–Kier alpha value is -3.11. The average molecular weight is 378 g/mol. The number of nitrogens with one attached hydrogen (secondary N) is 1. The third-order valence-corrected chi connectivity index (χ3v) is 4.08. The molecule has 2 aromatic rings. The SMILES string of the molecule is COc1ccc(/C=N\Nc2ccc(S(N)(=O)=O)cc2)cc1OCC(N)=O. The number of ether oxygens (including phenoxy) is 2. The summed E-state index contributed by atoms with van der Waals surface area (Å²) in [5.74, 6) is 0.207. The number of sulfonamides is 1. The Morgan fingerprint density at radius 3 is 2.46 bits per heavy atom. The molecule has 0 fully saturated rings.